The molecular formula is C17H16N2O2S. The summed E-state index contributed by atoms with van der Waals surface area (Å²) in [4.78, 5) is 5.51. The molecule has 0 saturated carbocycles. The maximum absolute atomic E-state index is 13.0. The van der Waals surface area contributed by atoms with E-state index in [1.807, 2.05) is 18.2 Å². The van der Waals surface area contributed by atoms with Gasteiger partial charge in [0.1, 0.15) is 6.17 Å². The molecule has 0 N–H and O–H groups in total. The zero-order valence-corrected chi connectivity index (χ0v) is 13.3. The van der Waals surface area contributed by atoms with Gasteiger partial charge in [-0.1, -0.05) is 18.2 Å². The maximum Gasteiger partial charge on any atom is 0.210 e. The molecule has 112 valence electrons. The molecule has 0 aromatic heterocycles. The van der Waals surface area contributed by atoms with Crippen molar-refractivity contribution in [3.8, 4) is 0 Å². The summed E-state index contributed by atoms with van der Waals surface area (Å²) in [6, 6.07) is 11.6. The molecular weight excluding hydrogens is 296 g/mol. The van der Waals surface area contributed by atoms with E-state index < -0.39 is 9.84 Å². The molecule has 1 unspecified atom stereocenters. The summed E-state index contributed by atoms with van der Waals surface area (Å²) in [6.45, 7) is 4.33. The van der Waals surface area contributed by atoms with E-state index in [0.717, 1.165) is 29.0 Å². The largest absolute Gasteiger partial charge is 0.346 e. The summed E-state index contributed by atoms with van der Waals surface area (Å²) < 4.78 is 26.0. The fourth-order valence-corrected chi connectivity index (χ4v) is 5.92. The highest BCUT2D eigenvalue weighted by atomic mass is 32.2. The zero-order valence-electron chi connectivity index (χ0n) is 12.4. The Labute approximate surface area is 129 Å². The van der Waals surface area contributed by atoms with Gasteiger partial charge in [-0.05, 0) is 37.6 Å². The van der Waals surface area contributed by atoms with Gasteiger partial charge in [0.25, 0.3) is 0 Å². The van der Waals surface area contributed by atoms with Crippen molar-refractivity contribution in [2.24, 2.45) is 0 Å². The van der Waals surface area contributed by atoms with Gasteiger partial charge >= 0.3 is 0 Å². The summed E-state index contributed by atoms with van der Waals surface area (Å²) in [7, 11) is -3.43. The molecule has 3 aliphatic rings. The van der Waals surface area contributed by atoms with Crippen molar-refractivity contribution < 1.29 is 8.42 Å². The van der Waals surface area contributed by atoms with Gasteiger partial charge in [-0.3, -0.25) is 0 Å². The van der Waals surface area contributed by atoms with Crippen LogP contribution in [0.5, 0.6) is 0 Å². The van der Waals surface area contributed by atoms with Crippen LogP contribution in [0.2, 0.25) is 0 Å². The lowest BCUT2D eigenvalue weighted by Crippen LogP contribution is -2.43. The first kappa shape index (κ1) is 12.5. The van der Waals surface area contributed by atoms with Gasteiger partial charge in [0, 0.05) is 12.5 Å². The average Bonchev–Trinajstić information content (AvgIpc) is 2.98. The Morgan fingerprint density at radius 1 is 1.05 bits per heavy atom. The van der Waals surface area contributed by atoms with Gasteiger partial charge in [0.15, 0.2) is 0 Å². The van der Waals surface area contributed by atoms with Crippen LogP contribution in [0.15, 0.2) is 46.2 Å². The van der Waals surface area contributed by atoms with Crippen molar-refractivity contribution in [1.29, 1.82) is 0 Å². The number of hydrogen-bond donors (Lipinski definition) is 0. The third-order valence-electron chi connectivity index (χ3n) is 4.98. The Balaban J connectivity index is 1.96. The van der Waals surface area contributed by atoms with Crippen molar-refractivity contribution in [3.05, 3.63) is 42.0 Å². The van der Waals surface area contributed by atoms with Crippen LogP contribution in [-0.4, -0.2) is 20.6 Å². The summed E-state index contributed by atoms with van der Waals surface area (Å²) in [5.74, 6) is 0. The molecule has 5 heteroatoms. The van der Waals surface area contributed by atoms with E-state index in [0.29, 0.717) is 15.8 Å². The van der Waals surface area contributed by atoms with E-state index in [9.17, 15) is 8.42 Å². The lowest BCUT2D eigenvalue weighted by molar-refractivity contribution is 0.583. The molecule has 0 fully saturated rings. The van der Waals surface area contributed by atoms with Crippen LogP contribution in [-0.2, 0) is 16.3 Å². The monoisotopic (exact) mass is 312 g/mol. The topological polar surface area (TPSA) is 40.6 Å². The molecule has 2 aromatic rings. The highest BCUT2D eigenvalue weighted by Gasteiger charge is 2.50. The molecule has 2 aromatic carbocycles. The molecule has 3 heterocycles. The molecule has 3 aliphatic heterocycles. The van der Waals surface area contributed by atoms with Gasteiger partial charge < -0.3 is 9.80 Å². The SMILES string of the molecule is CC(C)N1c2cccc3c2N2c4c(cccc4S3(=O)=O)CC21. The Bertz CT molecular complexity index is 934. The number of sulfone groups is 1. The summed E-state index contributed by atoms with van der Waals surface area (Å²) >= 11 is 0. The lowest BCUT2D eigenvalue weighted by atomic mass is 10.1. The van der Waals surface area contributed by atoms with E-state index in [2.05, 4.69) is 29.7 Å². The third kappa shape index (κ3) is 1.19. The third-order valence-corrected chi connectivity index (χ3v) is 6.79. The lowest BCUT2D eigenvalue weighted by Gasteiger charge is -2.32. The number of para-hydroxylation sites is 2. The van der Waals surface area contributed by atoms with Crippen LogP contribution < -0.4 is 9.80 Å². The maximum atomic E-state index is 13.0. The Morgan fingerprint density at radius 2 is 1.73 bits per heavy atom. The number of anilines is 3. The van der Waals surface area contributed by atoms with Gasteiger partial charge in [0.05, 0.1) is 26.9 Å². The van der Waals surface area contributed by atoms with Crippen LogP contribution in [0.4, 0.5) is 17.1 Å². The predicted molar refractivity (Wildman–Crippen MR) is 85.6 cm³/mol. The van der Waals surface area contributed by atoms with Crippen molar-refractivity contribution in [3.63, 3.8) is 0 Å². The van der Waals surface area contributed by atoms with Crippen LogP contribution in [0.25, 0.3) is 0 Å². The van der Waals surface area contributed by atoms with Crippen LogP contribution in [0, 0.1) is 0 Å². The molecule has 0 saturated heterocycles. The minimum atomic E-state index is -3.43. The van der Waals surface area contributed by atoms with Crippen LogP contribution in [0.1, 0.15) is 19.4 Å². The number of nitrogens with zero attached hydrogens (tertiary/aromatic N) is 2. The van der Waals surface area contributed by atoms with Gasteiger partial charge in [-0.25, -0.2) is 8.42 Å². The number of rotatable bonds is 1. The van der Waals surface area contributed by atoms with Crippen molar-refractivity contribution in [1.82, 2.24) is 0 Å². The second-order valence-electron chi connectivity index (χ2n) is 6.45. The molecule has 4 nitrogen and oxygen atoms in total. The van der Waals surface area contributed by atoms with Crippen molar-refractivity contribution in [2.45, 2.75) is 42.3 Å². The van der Waals surface area contributed by atoms with E-state index in [1.54, 1.807) is 12.1 Å². The van der Waals surface area contributed by atoms with Crippen molar-refractivity contribution >= 4 is 26.9 Å². The predicted octanol–water partition coefficient (Wildman–Crippen LogP) is 3.08. The second kappa shape index (κ2) is 3.66. The zero-order chi connectivity index (χ0) is 15.2. The average molecular weight is 312 g/mol. The van der Waals surface area contributed by atoms with Crippen LogP contribution in [0.3, 0.4) is 0 Å². The smallest absolute Gasteiger partial charge is 0.210 e. The first-order valence-corrected chi connectivity index (χ1v) is 9.07. The van der Waals surface area contributed by atoms with Gasteiger partial charge in [-0.2, -0.15) is 0 Å². The Morgan fingerprint density at radius 3 is 2.45 bits per heavy atom. The van der Waals surface area contributed by atoms with Gasteiger partial charge in [0.2, 0.25) is 9.84 Å². The standard InChI is InChI=1S/C17H16N2O2S/c1-10(2)18-12-6-4-8-14-17(12)19-15(18)9-11-5-3-7-13(16(11)19)22(14,20)21/h3-8,10,15H,9H2,1-2H3. The molecule has 5 rings (SSSR count). The minimum absolute atomic E-state index is 0.197. The molecule has 0 radical (unpaired) electrons. The summed E-state index contributed by atoms with van der Waals surface area (Å²) in [5.41, 5.74) is 3.95. The van der Waals surface area contributed by atoms with Crippen LogP contribution >= 0.6 is 0 Å². The molecule has 1 atom stereocenters. The molecule has 22 heavy (non-hydrogen) atoms. The highest BCUT2D eigenvalue weighted by Crippen LogP contribution is 2.58. The fourth-order valence-electron chi connectivity index (χ4n) is 4.22. The Kier molecular flexibility index (Phi) is 2.08. The normalized spacial score (nSPS) is 22.4. The van der Waals surface area contributed by atoms with E-state index in [4.69, 9.17) is 0 Å². The van der Waals surface area contributed by atoms with E-state index >= 15 is 0 Å². The van der Waals surface area contributed by atoms with Gasteiger partial charge in [-0.15, -0.1) is 0 Å². The van der Waals surface area contributed by atoms with E-state index in [1.165, 1.54) is 0 Å². The summed E-state index contributed by atoms with van der Waals surface area (Å²) in [6.07, 6.45) is 1.06. The number of hydrogen-bond acceptors (Lipinski definition) is 4. The van der Waals surface area contributed by atoms with E-state index in [-0.39, 0.29) is 6.17 Å². The molecule has 0 aliphatic carbocycles. The molecule has 0 bridgehead atoms. The quantitative estimate of drug-likeness (QED) is 0.811. The first-order valence-electron chi connectivity index (χ1n) is 7.59. The highest BCUT2D eigenvalue weighted by molar-refractivity contribution is 7.92. The molecule has 0 amide bonds. The minimum Gasteiger partial charge on any atom is -0.346 e. The molecule has 0 spiro atoms. The second-order valence-corrected chi connectivity index (χ2v) is 8.33. The number of benzene rings is 2. The first-order chi connectivity index (χ1) is 10.5. The fraction of sp³-hybridized carbons (Fsp3) is 0.294. The summed E-state index contributed by atoms with van der Waals surface area (Å²) in [5, 5.41) is 0. The van der Waals surface area contributed by atoms with Crippen molar-refractivity contribution in [2.75, 3.05) is 9.80 Å². The Hall–Kier alpha value is -2.01.